The van der Waals surface area contributed by atoms with E-state index in [0.717, 1.165) is 25.1 Å². The summed E-state index contributed by atoms with van der Waals surface area (Å²) in [5.74, 6) is -0.177. The van der Waals surface area contributed by atoms with Gasteiger partial charge < -0.3 is 19.2 Å². The van der Waals surface area contributed by atoms with Gasteiger partial charge in [-0.3, -0.25) is 0 Å². The van der Waals surface area contributed by atoms with Gasteiger partial charge in [0, 0.05) is 18.7 Å². The second-order valence-electron chi connectivity index (χ2n) is 4.22. The molecule has 0 spiro atoms. The Morgan fingerprint density at radius 1 is 1.50 bits per heavy atom. The predicted octanol–water partition coefficient (Wildman–Crippen LogP) is 1.97. The zero-order valence-electron chi connectivity index (χ0n) is 11.2. The number of nitrogens with one attached hydrogen (secondary N) is 1. The van der Waals surface area contributed by atoms with Crippen molar-refractivity contribution in [2.24, 2.45) is 0 Å². The quantitative estimate of drug-likeness (QED) is 0.568. The molecule has 1 N–H and O–H groups in total. The van der Waals surface area contributed by atoms with E-state index in [1.165, 1.54) is 13.4 Å². The van der Waals surface area contributed by atoms with E-state index in [1.807, 2.05) is 13.8 Å². The third-order valence-electron chi connectivity index (χ3n) is 2.38. The van der Waals surface area contributed by atoms with Crippen LogP contribution in [0.3, 0.4) is 0 Å². The molecule has 18 heavy (non-hydrogen) atoms. The molecule has 1 aromatic rings. The Morgan fingerprint density at radius 2 is 2.28 bits per heavy atom. The highest BCUT2D eigenvalue weighted by Crippen LogP contribution is 2.11. The summed E-state index contributed by atoms with van der Waals surface area (Å²) in [5, 5.41) is 3.23. The predicted molar refractivity (Wildman–Crippen MR) is 67.5 cm³/mol. The molecule has 0 unspecified atom stereocenters. The summed E-state index contributed by atoms with van der Waals surface area (Å²) in [7, 11) is 1.34. The maximum Gasteiger partial charge on any atom is 0.374 e. The van der Waals surface area contributed by atoms with Gasteiger partial charge in [0.1, 0.15) is 0 Å². The molecule has 0 aromatic carbocycles. The number of hydrogen-bond acceptors (Lipinski definition) is 5. The van der Waals surface area contributed by atoms with Crippen LogP contribution >= 0.6 is 0 Å². The van der Waals surface area contributed by atoms with Crippen LogP contribution in [0.1, 0.15) is 36.4 Å². The van der Waals surface area contributed by atoms with Crippen molar-refractivity contribution in [3.8, 4) is 0 Å². The summed E-state index contributed by atoms with van der Waals surface area (Å²) in [4.78, 5) is 11.3. The zero-order valence-corrected chi connectivity index (χ0v) is 11.2. The van der Waals surface area contributed by atoms with Gasteiger partial charge in [-0.1, -0.05) is 0 Å². The first kappa shape index (κ1) is 14.7. The maximum absolute atomic E-state index is 11.3. The van der Waals surface area contributed by atoms with Crippen LogP contribution in [0.5, 0.6) is 0 Å². The minimum absolute atomic E-state index is 0.267. The topological polar surface area (TPSA) is 60.7 Å². The number of carbonyl (C=O) groups is 1. The third-order valence-corrected chi connectivity index (χ3v) is 2.38. The van der Waals surface area contributed by atoms with Crippen LogP contribution in [-0.4, -0.2) is 32.3 Å². The molecule has 0 saturated carbocycles. The van der Waals surface area contributed by atoms with Crippen molar-refractivity contribution in [1.29, 1.82) is 0 Å². The monoisotopic (exact) mass is 255 g/mol. The number of carbonyl (C=O) groups excluding carboxylic acids is 1. The molecule has 0 atom stereocenters. The Hall–Kier alpha value is -1.33. The lowest BCUT2D eigenvalue weighted by Crippen LogP contribution is -2.18. The normalized spacial score (nSPS) is 10.9. The molecule has 102 valence electrons. The highest BCUT2D eigenvalue weighted by Gasteiger charge is 2.14. The minimum Gasteiger partial charge on any atom is -0.463 e. The van der Waals surface area contributed by atoms with Gasteiger partial charge in [-0.2, -0.15) is 0 Å². The summed E-state index contributed by atoms with van der Waals surface area (Å²) < 4.78 is 15.1. The van der Waals surface area contributed by atoms with Crippen LogP contribution in [0, 0.1) is 0 Å². The zero-order chi connectivity index (χ0) is 13.4. The molecule has 0 bridgehead atoms. The molecular weight excluding hydrogens is 234 g/mol. The number of methoxy groups -OCH3 is 1. The van der Waals surface area contributed by atoms with Gasteiger partial charge in [0.15, 0.2) is 0 Å². The molecule has 0 saturated heterocycles. The lowest BCUT2D eigenvalue weighted by molar-refractivity contribution is 0.0562. The molecule has 5 heteroatoms. The van der Waals surface area contributed by atoms with Crippen LogP contribution in [0.15, 0.2) is 16.7 Å². The fourth-order valence-electron chi connectivity index (χ4n) is 1.49. The number of hydrogen-bond donors (Lipinski definition) is 1. The lowest BCUT2D eigenvalue weighted by Gasteiger charge is -2.08. The van der Waals surface area contributed by atoms with Crippen molar-refractivity contribution >= 4 is 5.97 Å². The van der Waals surface area contributed by atoms with Crippen LogP contribution in [-0.2, 0) is 16.0 Å². The Labute approximate surface area is 107 Å². The van der Waals surface area contributed by atoms with E-state index in [4.69, 9.17) is 9.15 Å². The Morgan fingerprint density at radius 3 is 2.94 bits per heavy atom. The average Bonchev–Trinajstić information content (AvgIpc) is 2.80. The lowest BCUT2D eigenvalue weighted by atomic mass is 10.2. The van der Waals surface area contributed by atoms with E-state index in [1.54, 1.807) is 6.07 Å². The second kappa shape index (κ2) is 7.89. The molecule has 1 aromatic heterocycles. The van der Waals surface area contributed by atoms with E-state index < -0.39 is 5.97 Å². The van der Waals surface area contributed by atoms with E-state index in [2.05, 4.69) is 10.1 Å². The fraction of sp³-hybridized carbons (Fsp3) is 0.615. The molecule has 5 nitrogen and oxygen atoms in total. The first-order valence-electron chi connectivity index (χ1n) is 6.12. The molecule has 0 radical (unpaired) electrons. The molecule has 0 aliphatic carbocycles. The van der Waals surface area contributed by atoms with Crippen molar-refractivity contribution in [2.75, 3.05) is 20.3 Å². The SMILES string of the molecule is COC(=O)c1occc1CNCCCOC(C)C. The number of furan rings is 1. The fourth-order valence-corrected chi connectivity index (χ4v) is 1.49. The van der Waals surface area contributed by atoms with Gasteiger partial charge in [0.2, 0.25) is 5.76 Å². The number of ether oxygens (including phenoxy) is 2. The van der Waals surface area contributed by atoms with Crippen molar-refractivity contribution in [3.05, 3.63) is 23.7 Å². The number of rotatable bonds is 8. The van der Waals surface area contributed by atoms with Crippen molar-refractivity contribution in [1.82, 2.24) is 5.32 Å². The van der Waals surface area contributed by atoms with Crippen LogP contribution in [0.4, 0.5) is 0 Å². The Kier molecular flexibility index (Phi) is 6.46. The van der Waals surface area contributed by atoms with Gasteiger partial charge in [-0.25, -0.2) is 4.79 Å². The van der Waals surface area contributed by atoms with Crippen molar-refractivity contribution < 1.29 is 18.7 Å². The summed E-state index contributed by atoms with van der Waals surface area (Å²) in [6.07, 6.45) is 2.69. The van der Waals surface area contributed by atoms with E-state index >= 15 is 0 Å². The van der Waals surface area contributed by atoms with Crippen molar-refractivity contribution in [3.63, 3.8) is 0 Å². The van der Waals surface area contributed by atoms with Crippen LogP contribution in [0.25, 0.3) is 0 Å². The Balaban J connectivity index is 2.23. The molecule has 0 fully saturated rings. The standard InChI is InChI=1S/C13H21NO4/c1-10(2)17-7-4-6-14-9-11-5-8-18-12(11)13(15)16-3/h5,8,10,14H,4,6-7,9H2,1-3H3. The van der Waals surface area contributed by atoms with Crippen LogP contribution in [0.2, 0.25) is 0 Å². The molecule has 1 heterocycles. The summed E-state index contributed by atoms with van der Waals surface area (Å²) in [6, 6.07) is 1.77. The van der Waals surface area contributed by atoms with Gasteiger partial charge in [0.25, 0.3) is 0 Å². The van der Waals surface area contributed by atoms with E-state index in [9.17, 15) is 4.79 Å². The third kappa shape index (κ3) is 4.89. The molecule has 0 amide bonds. The highest BCUT2D eigenvalue weighted by molar-refractivity contribution is 5.87. The minimum atomic E-state index is -0.444. The van der Waals surface area contributed by atoms with Crippen molar-refractivity contribution in [2.45, 2.75) is 32.9 Å². The van der Waals surface area contributed by atoms with E-state index in [-0.39, 0.29) is 11.9 Å². The van der Waals surface area contributed by atoms with Crippen LogP contribution < -0.4 is 5.32 Å². The van der Waals surface area contributed by atoms with Gasteiger partial charge in [-0.15, -0.1) is 0 Å². The largest absolute Gasteiger partial charge is 0.463 e. The van der Waals surface area contributed by atoms with Gasteiger partial charge in [0.05, 0.1) is 19.5 Å². The Bertz CT molecular complexity index is 360. The smallest absolute Gasteiger partial charge is 0.374 e. The van der Waals surface area contributed by atoms with Gasteiger partial charge in [-0.05, 0) is 32.9 Å². The van der Waals surface area contributed by atoms with E-state index in [0.29, 0.717) is 6.54 Å². The van der Waals surface area contributed by atoms with Gasteiger partial charge >= 0.3 is 5.97 Å². The summed E-state index contributed by atoms with van der Waals surface area (Å²) >= 11 is 0. The highest BCUT2D eigenvalue weighted by atomic mass is 16.5. The first-order valence-corrected chi connectivity index (χ1v) is 6.12. The molecule has 0 aliphatic heterocycles. The maximum atomic E-state index is 11.3. The average molecular weight is 255 g/mol. The summed E-state index contributed by atoms with van der Waals surface area (Å²) in [5.41, 5.74) is 0.812. The second-order valence-corrected chi connectivity index (χ2v) is 4.22. The summed E-state index contributed by atoms with van der Waals surface area (Å²) in [6.45, 7) is 6.18. The molecule has 0 aliphatic rings. The first-order chi connectivity index (χ1) is 8.65. The molecule has 1 rings (SSSR count). The number of esters is 1. The molecular formula is C13H21NO4.